The molecule has 0 fully saturated rings. The van der Waals surface area contributed by atoms with Crippen molar-refractivity contribution in [1.29, 1.82) is 0 Å². The van der Waals surface area contributed by atoms with Gasteiger partial charge in [0, 0.05) is 23.7 Å². The third-order valence-corrected chi connectivity index (χ3v) is 2.70. The second-order valence-corrected chi connectivity index (χ2v) is 4.15. The Hall–Kier alpha value is -1.32. The van der Waals surface area contributed by atoms with Crippen molar-refractivity contribution in [2.24, 2.45) is 7.05 Å². The summed E-state index contributed by atoms with van der Waals surface area (Å²) in [5.74, 6) is 0. The first-order valence-corrected chi connectivity index (χ1v) is 5.33. The molecule has 0 aliphatic rings. The van der Waals surface area contributed by atoms with Crippen molar-refractivity contribution in [1.82, 2.24) is 9.78 Å². The molecule has 0 saturated heterocycles. The van der Waals surface area contributed by atoms with Crippen molar-refractivity contribution in [3.05, 3.63) is 50.7 Å². The molecule has 5 heteroatoms. The second-order valence-electron chi connectivity index (χ2n) is 3.31. The minimum atomic E-state index is -0.234. The summed E-state index contributed by atoms with van der Waals surface area (Å²) in [7, 11) is 1.58. The van der Waals surface area contributed by atoms with E-state index in [0.717, 1.165) is 5.56 Å². The molecule has 1 aromatic carbocycles. The third kappa shape index (κ3) is 2.10. The number of rotatable bonds is 1. The van der Waals surface area contributed by atoms with Crippen LogP contribution in [0.5, 0.6) is 0 Å². The summed E-state index contributed by atoms with van der Waals surface area (Å²) in [6, 6.07) is 8.46. The van der Waals surface area contributed by atoms with Crippen LogP contribution in [0.1, 0.15) is 0 Å². The van der Waals surface area contributed by atoms with Gasteiger partial charge in [-0.3, -0.25) is 4.79 Å². The molecule has 0 saturated carbocycles. The van der Waals surface area contributed by atoms with Crippen LogP contribution in [0.3, 0.4) is 0 Å². The van der Waals surface area contributed by atoms with Crippen molar-refractivity contribution >= 4 is 23.2 Å². The smallest absolute Gasteiger partial charge is 0.267 e. The minimum absolute atomic E-state index is 0.234. The molecule has 16 heavy (non-hydrogen) atoms. The summed E-state index contributed by atoms with van der Waals surface area (Å²) in [6.45, 7) is 0. The first-order chi connectivity index (χ1) is 7.58. The Morgan fingerprint density at radius 2 is 1.81 bits per heavy atom. The van der Waals surface area contributed by atoms with Gasteiger partial charge in [0.15, 0.2) is 0 Å². The maximum absolute atomic E-state index is 11.3. The van der Waals surface area contributed by atoms with E-state index in [1.165, 1.54) is 10.7 Å². The summed E-state index contributed by atoms with van der Waals surface area (Å²) in [6.07, 6.45) is 0. The molecule has 0 unspecified atom stereocenters. The first-order valence-electron chi connectivity index (χ1n) is 4.58. The van der Waals surface area contributed by atoms with Crippen LogP contribution in [0.2, 0.25) is 10.0 Å². The summed E-state index contributed by atoms with van der Waals surface area (Å²) >= 11 is 11.8. The van der Waals surface area contributed by atoms with Crippen LogP contribution in [0.4, 0.5) is 0 Å². The molecule has 0 radical (unpaired) electrons. The molecular formula is C11H8Cl2N2O. The number of aromatic nitrogens is 2. The fourth-order valence-corrected chi connectivity index (χ4v) is 1.69. The van der Waals surface area contributed by atoms with Crippen molar-refractivity contribution in [2.75, 3.05) is 0 Å². The first kappa shape index (κ1) is 11.2. The lowest BCUT2D eigenvalue weighted by atomic mass is 10.1. The Morgan fingerprint density at radius 3 is 2.44 bits per heavy atom. The van der Waals surface area contributed by atoms with E-state index in [0.29, 0.717) is 15.7 Å². The average Bonchev–Trinajstić information content (AvgIpc) is 2.25. The highest BCUT2D eigenvalue weighted by Crippen LogP contribution is 2.24. The molecule has 82 valence electrons. The van der Waals surface area contributed by atoms with E-state index >= 15 is 0 Å². The maximum atomic E-state index is 11.3. The van der Waals surface area contributed by atoms with E-state index in [-0.39, 0.29) is 5.56 Å². The van der Waals surface area contributed by atoms with Gasteiger partial charge in [-0.2, -0.15) is 5.10 Å². The van der Waals surface area contributed by atoms with Crippen LogP contribution in [-0.4, -0.2) is 9.78 Å². The standard InChI is InChI=1S/C11H8Cl2N2O/c1-15-10(16)6-9(13)11(14-15)7-2-4-8(12)5-3-7/h2-6H,1H3. The van der Waals surface area contributed by atoms with E-state index in [2.05, 4.69) is 5.10 Å². The van der Waals surface area contributed by atoms with Gasteiger partial charge in [-0.15, -0.1) is 0 Å². The average molecular weight is 255 g/mol. The van der Waals surface area contributed by atoms with E-state index in [9.17, 15) is 4.79 Å². The van der Waals surface area contributed by atoms with E-state index in [1.54, 1.807) is 31.3 Å². The van der Waals surface area contributed by atoms with E-state index in [4.69, 9.17) is 23.2 Å². The number of aryl methyl sites for hydroxylation is 1. The highest BCUT2D eigenvalue weighted by molar-refractivity contribution is 6.33. The van der Waals surface area contributed by atoms with Crippen molar-refractivity contribution in [2.45, 2.75) is 0 Å². The fourth-order valence-electron chi connectivity index (χ4n) is 1.32. The molecule has 2 aromatic rings. The van der Waals surface area contributed by atoms with Crippen LogP contribution in [0.15, 0.2) is 35.1 Å². The lowest BCUT2D eigenvalue weighted by Gasteiger charge is -2.05. The fraction of sp³-hybridized carbons (Fsp3) is 0.0909. The minimum Gasteiger partial charge on any atom is -0.268 e. The molecule has 3 nitrogen and oxygen atoms in total. The summed E-state index contributed by atoms with van der Waals surface area (Å²) in [5.41, 5.74) is 1.16. The Bertz CT molecular complexity index is 576. The summed E-state index contributed by atoms with van der Waals surface area (Å²) < 4.78 is 1.25. The zero-order chi connectivity index (χ0) is 11.7. The van der Waals surface area contributed by atoms with Crippen molar-refractivity contribution < 1.29 is 0 Å². The van der Waals surface area contributed by atoms with Gasteiger partial charge in [0.05, 0.1) is 5.02 Å². The lowest BCUT2D eigenvalue weighted by molar-refractivity contribution is 0.712. The zero-order valence-electron chi connectivity index (χ0n) is 8.45. The van der Waals surface area contributed by atoms with Crippen LogP contribution in [-0.2, 0) is 7.05 Å². The number of nitrogens with zero attached hydrogens (tertiary/aromatic N) is 2. The van der Waals surface area contributed by atoms with Crippen molar-refractivity contribution in [3.63, 3.8) is 0 Å². The molecule has 2 rings (SSSR count). The van der Waals surface area contributed by atoms with E-state index in [1.807, 2.05) is 0 Å². The van der Waals surface area contributed by atoms with E-state index < -0.39 is 0 Å². The van der Waals surface area contributed by atoms with Gasteiger partial charge >= 0.3 is 0 Å². The van der Waals surface area contributed by atoms with Gasteiger partial charge in [0.1, 0.15) is 5.69 Å². The van der Waals surface area contributed by atoms with Crippen LogP contribution >= 0.6 is 23.2 Å². The number of halogens is 2. The number of hydrogen-bond donors (Lipinski definition) is 0. The molecule has 0 aliphatic heterocycles. The second kappa shape index (κ2) is 4.28. The topological polar surface area (TPSA) is 34.9 Å². The van der Waals surface area contributed by atoms with Gasteiger partial charge in [-0.25, -0.2) is 4.68 Å². The van der Waals surface area contributed by atoms with Gasteiger partial charge in [-0.1, -0.05) is 35.3 Å². The molecule has 0 amide bonds. The maximum Gasteiger partial charge on any atom is 0.267 e. The number of benzene rings is 1. The Labute approximate surface area is 102 Å². The normalized spacial score (nSPS) is 10.4. The zero-order valence-corrected chi connectivity index (χ0v) is 9.96. The molecule has 0 atom stereocenters. The predicted octanol–water partition coefficient (Wildman–Crippen LogP) is 2.75. The van der Waals surface area contributed by atoms with Gasteiger partial charge in [-0.05, 0) is 12.1 Å². The lowest BCUT2D eigenvalue weighted by Crippen LogP contribution is -2.18. The molecule has 0 aliphatic carbocycles. The Balaban J connectivity index is 2.60. The summed E-state index contributed by atoms with van der Waals surface area (Å²) in [5, 5.41) is 5.08. The SMILES string of the molecule is Cn1nc(-c2ccc(Cl)cc2)c(Cl)cc1=O. The summed E-state index contributed by atoms with van der Waals surface area (Å²) in [4.78, 5) is 11.3. The highest BCUT2D eigenvalue weighted by atomic mass is 35.5. The predicted molar refractivity (Wildman–Crippen MR) is 64.9 cm³/mol. The Kier molecular flexibility index (Phi) is 2.99. The van der Waals surface area contributed by atoms with Crippen LogP contribution < -0.4 is 5.56 Å². The van der Waals surface area contributed by atoms with Crippen molar-refractivity contribution in [3.8, 4) is 11.3 Å². The molecule has 1 heterocycles. The quantitative estimate of drug-likeness (QED) is 0.785. The molecule has 1 aromatic heterocycles. The largest absolute Gasteiger partial charge is 0.268 e. The molecular weight excluding hydrogens is 247 g/mol. The van der Waals surface area contributed by atoms with Crippen LogP contribution in [0.25, 0.3) is 11.3 Å². The highest BCUT2D eigenvalue weighted by Gasteiger charge is 2.07. The Morgan fingerprint density at radius 1 is 1.19 bits per heavy atom. The van der Waals surface area contributed by atoms with Gasteiger partial charge < -0.3 is 0 Å². The molecule has 0 spiro atoms. The van der Waals surface area contributed by atoms with Gasteiger partial charge in [0.25, 0.3) is 5.56 Å². The third-order valence-electron chi connectivity index (χ3n) is 2.16. The molecule has 0 N–H and O–H groups in total. The van der Waals surface area contributed by atoms with Gasteiger partial charge in [0.2, 0.25) is 0 Å². The number of hydrogen-bond acceptors (Lipinski definition) is 2. The molecule has 0 bridgehead atoms. The monoisotopic (exact) mass is 254 g/mol. The van der Waals surface area contributed by atoms with Crippen LogP contribution in [0, 0.1) is 0 Å².